The molecule has 0 saturated heterocycles. The van der Waals surface area contributed by atoms with Crippen molar-refractivity contribution in [3.8, 4) is 5.75 Å². The lowest BCUT2D eigenvalue weighted by Crippen LogP contribution is -2.81. The largest absolute Gasteiger partial charge is 0.231 e. The minimum atomic E-state index is -7.22. The Hall–Kier alpha value is -7.33. The summed E-state index contributed by atoms with van der Waals surface area (Å²) < 4.78 is 296. The number of hydrogen-bond acceptors (Lipinski definition) is 1. The van der Waals surface area contributed by atoms with Gasteiger partial charge in [-0.3, -0.25) is 0 Å². The highest BCUT2D eigenvalue weighted by atomic mass is 19.2. The molecule has 0 atom stereocenters. The van der Waals surface area contributed by atoms with Crippen LogP contribution in [0.2, 0.25) is 0 Å². The number of hydrogen-bond donors (Lipinski definition) is 0. The van der Waals surface area contributed by atoms with Crippen LogP contribution in [0.1, 0.15) is 0 Å². The van der Waals surface area contributed by atoms with E-state index < -0.39 is 144 Å². The van der Waals surface area contributed by atoms with E-state index in [1.165, 1.54) is 16.2 Å². The molecule has 0 unspecified atom stereocenters. The van der Waals surface area contributed by atoms with E-state index in [-0.39, 0.29) is 0 Å². The summed E-state index contributed by atoms with van der Waals surface area (Å²) in [7, 11) is 0. The fourth-order valence-electron chi connectivity index (χ4n) is 7.39. The van der Waals surface area contributed by atoms with Gasteiger partial charge in [0, 0.05) is 10.8 Å². The molecule has 0 bridgehead atoms. The molecule has 0 spiro atoms. The van der Waals surface area contributed by atoms with E-state index in [9.17, 15) is 52.7 Å². The Labute approximate surface area is 354 Å². The van der Waals surface area contributed by atoms with Crippen molar-refractivity contribution in [2.45, 2.75) is 0 Å². The number of nitrogens with zero attached hydrogens (tertiary/aromatic N) is 1. The lowest BCUT2D eigenvalue weighted by atomic mass is 9.12. The molecule has 0 aliphatic heterocycles. The van der Waals surface area contributed by atoms with Gasteiger partial charge in [0.1, 0.15) is 52.7 Å². The van der Waals surface area contributed by atoms with Crippen LogP contribution in [-0.2, 0) is 0 Å². The summed E-state index contributed by atoms with van der Waals surface area (Å²) in [4.78, 5) is 5.91. The molecule has 66 heavy (non-hydrogen) atoms. The maximum atomic E-state index is 15.4. The van der Waals surface area contributed by atoms with Gasteiger partial charge in [-0.05, 0) is 34.4 Å². The molecule has 0 aliphatic carbocycles. The van der Waals surface area contributed by atoms with Crippen molar-refractivity contribution < 1.29 is 97.4 Å². The summed E-state index contributed by atoms with van der Waals surface area (Å²) in [6.45, 7) is 0. The third-order valence-electron chi connectivity index (χ3n) is 10.3. The average molecular weight is 951 g/mol. The minimum Gasteiger partial charge on any atom is -0.231 e. The average Bonchev–Trinajstić information content (AvgIpc) is 3.31. The Kier molecular flexibility index (Phi) is 12.2. The monoisotopic (exact) mass is 951 g/mol. The van der Waals surface area contributed by atoms with Gasteiger partial charge in [0.25, 0.3) is 0 Å². The van der Waals surface area contributed by atoms with Gasteiger partial charge in [-0.2, -0.15) is 0 Å². The van der Waals surface area contributed by atoms with Crippen LogP contribution in [0.5, 0.6) is 5.75 Å². The maximum absolute atomic E-state index is 15.4. The molecule has 1 heterocycles. The Balaban J connectivity index is 0.000000254. The quantitative estimate of drug-likeness (QED) is 0.0533. The summed E-state index contributed by atoms with van der Waals surface area (Å²) in [5, 5.41) is 4.75. The SMILES string of the molecule is Fc1c(F)c(F)c([B-](c2c(F)c(F)c(F)c(F)c2F)(c2c(F)c(F)c(F)c(F)c2F)c2c(F)c(F)c(F)c(F)c2F)c(F)c1F.c1ccc2cc(O[n+]3ccc4ccccc4c3)ccc2c1. The van der Waals surface area contributed by atoms with Gasteiger partial charge < -0.3 is 0 Å². The molecule has 23 heteroatoms. The van der Waals surface area contributed by atoms with Gasteiger partial charge >= 0.3 is 0 Å². The van der Waals surface area contributed by atoms with Crippen molar-refractivity contribution in [1.29, 1.82) is 0 Å². The van der Waals surface area contributed by atoms with Gasteiger partial charge in [-0.15, -0.1) is 21.9 Å². The van der Waals surface area contributed by atoms with Crippen LogP contribution < -0.4 is 31.4 Å². The molecule has 340 valence electrons. The highest BCUT2D eigenvalue weighted by Crippen LogP contribution is 2.31. The van der Waals surface area contributed by atoms with Crippen molar-refractivity contribution in [1.82, 2.24) is 0 Å². The second-order valence-electron chi connectivity index (χ2n) is 13.8. The normalized spacial score (nSPS) is 11.6. The maximum Gasteiger partial charge on any atom is 0.230 e. The molecule has 0 aliphatic rings. The van der Waals surface area contributed by atoms with Crippen LogP contribution in [0.3, 0.4) is 0 Å². The van der Waals surface area contributed by atoms with Crippen molar-refractivity contribution in [2.24, 2.45) is 0 Å². The first-order valence-corrected chi connectivity index (χ1v) is 17.9. The Morgan fingerprint density at radius 3 is 0.894 bits per heavy atom. The fourth-order valence-corrected chi connectivity index (χ4v) is 7.39. The number of fused-ring (bicyclic) bond motifs is 2. The van der Waals surface area contributed by atoms with Crippen LogP contribution >= 0.6 is 0 Å². The highest BCUT2D eigenvalue weighted by molar-refractivity contribution is 7.20. The summed E-state index contributed by atoms with van der Waals surface area (Å²) in [6, 6.07) is 24.7. The van der Waals surface area contributed by atoms with Gasteiger partial charge in [0.2, 0.25) is 18.1 Å². The van der Waals surface area contributed by atoms with Crippen LogP contribution in [-0.4, -0.2) is 6.15 Å². The molecular formula is C43H14BF20NO. The first-order chi connectivity index (χ1) is 31.1. The third-order valence-corrected chi connectivity index (χ3v) is 10.3. The zero-order chi connectivity index (χ0) is 48.4. The van der Waals surface area contributed by atoms with Crippen molar-refractivity contribution in [3.63, 3.8) is 0 Å². The summed E-state index contributed by atoms with van der Waals surface area (Å²) in [6.07, 6.45) is -3.30. The van der Waals surface area contributed by atoms with Gasteiger partial charge in [-0.1, -0.05) is 48.5 Å². The van der Waals surface area contributed by atoms with Gasteiger partial charge in [0.05, 0.1) is 5.39 Å². The Bertz CT molecular complexity index is 2850. The Morgan fingerprint density at radius 2 is 0.561 bits per heavy atom. The summed E-state index contributed by atoms with van der Waals surface area (Å²) >= 11 is 0. The van der Waals surface area contributed by atoms with Crippen LogP contribution in [0, 0.1) is 116 Å². The molecule has 0 amide bonds. The molecule has 0 N–H and O–H groups in total. The minimum absolute atomic E-state index is 0.828. The molecule has 7 aromatic carbocycles. The lowest BCUT2D eigenvalue weighted by molar-refractivity contribution is -0.874. The van der Waals surface area contributed by atoms with Crippen molar-refractivity contribution in [2.75, 3.05) is 0 Å². The molecule has 8 rings (SSSR count). The molecule has 0 radical (unpaired) electrons. The number of benzene rings is 7. The number of pyridine rings is 1. The third kappa shape index (κ3) is 7.16. The van der Waals surface area contributed by atoms with Crippen molar-refractivity contribution in [3.05, 3.63) is 202 Å². The molecule has 0 saturated carbocycles. The second-order valence-corrected chi connectivity index (χ2v) is 13.8. The van der Waals surface area contributed by atoms with E-state index in [4.69, 9.17) is 4.84 Å². The van der Waals surface area contributed by atoms with E-state index >= 15 is 35.1 Å². The van der Waals surface area contributed by atoms with E-state index in [0.29, 0.717) is 0 Å². The predicted octanol–water partition coefficient (Wildman–Crippen LogP) is 9.97. The topological polar surface area (TPSA) is 13.1 Å². The van der Waals surface area contributed by atoms with E-state index in [0.717, 1.165) is 11.1 Å². The van der Waals surface area contributed by atoms with Gasteiger partial charge in [0.15, 0.2) is 69.8 Å². The molecule has 8 aromatic rings. The van der Waals surface area contributed by atoms with Gasteiger partial charge in [-0.25, -0.2) is 92.6 Å². The van der Waals surface area contributed by atoms with E-state index in [1.54, 1.807) is 4.73 Å². The first-order valence-electron chi connectivity index (χ1n) is 17.9. The fraction of sp³-hybridized carbons (Fsp3) is 0. The van der Waals surface area contributed by atoms with E-state index in [1.807, 2.05) is 42.7 Å². The number of halogens is 20. The molecular weight excluding hydrogens is 937 g/mol. The predicted molar refractivity (Wildman–Crippen MR) is 193 cm³/mol. The standard InChI is InChI=1S/C24BF20.C19H14NO/c26-5-1(6(27)14(35)21(42)13(5)34)25(2-7(28)15(36)22(43)16(37)8(2)29,3-9(30)17(38)23(44)18(39)10(3)31)4-11(32)19(40)24(45)20(41)12(4)33;1-3-7-17-13-19(10-9-15(17)5-1)21-20-12-11-16-6-2-4-8-18(16)14-20/h;1-14H/q-1;+1. The van der Waals surface area contributed by atoms with E-state index in [2.05, 4.69) is 42.5 Å². The molecule has 1 aromatic heterocycles. The second kappa shape index (κ2) is 17.2. The zero-order valence-corrected chi connectivity index (χ0v) is 31.6. The summed E-state index contributed by atoms with van der Waals surface area (Å²) in [5.74, 6) is -70.6. The zero-order valence-electron chi connectivity index (χ0n) is 31.6. The van der Waals surface area contributed by atoms with Crippen molar-refractivity contribution >= 4 is 49.5 Å². The first kappa shape index (κ1) is 46.7. The van der Waals surface area contributed by atoms with Crippen LogP contribution in [0.25, 0.3) is 21.5 Å². The number of aromatic nitrogens is 1. The molecule has 2 nitrogen and oxygen atoms in total. The smallest absolute Gasteiger partial charge is 0.230 e. The molecule has 0 fully saturated rings. The Morgan fingerprint density at radius 1 is 0.288 bits per heavy atom. The number of rotatable bonds is 6. The summed E-state index contributed by atoms with van der Waals surface area (Å²) in [5.41, 5.74) is -14.3. The van der Waals surface area contributed by atoms with Crippen LogP contribution in [0.4, 0.5) is 87.8 Å². The van der Waals surface area contributed by atoms with Crippen LogP contribution in [0.15, 0.2) is 85.2 Å². The lowest BCUT2D eigenvalue weighted by Gasteiger charge is -2.44. The highest BCUT2D eigenvalue weighted by Gasteiger charge is 2.52.